The molecule has 1 fully saturated rings. The van der Waals surface area contributed by atoms with Gasteiger partial charge >= 0.3 is 0 Å². The minimum atomic E-state index is -0.349. The van der Waals surface area contributed by atoms with Crippen molar-refractivity contribution in [1.29, 1.82) is 0 Å². The predicted molar refractivity (Wildman–Crippen MR) is 67.2 cm³/mol. The van der Waals surface area contributed by atoms with Gasteiger partial charge in [0.25, 0.3) is 5.91 Å². The topological polar surface area (TPSA) is 29.5 Å². The minimum Gasteiger partial charge on any atom is -0.378 e. The monoisotopic (exact) mass is 251 g/mol. The van der Waals surface area contributed by atoms with Crippen molar-refractivity contribution in [2.75, 3.05) is 26.3 Å². The van der Waals surface area contributed by atoms with E-state index in [1.54, 1.807) is 11.0 Å². The van der Waals surface area contributed by atoms with Gasteiger partial charge in [-0.25, -0.2) is 4.39 Å². The fraction of sp³-hybridized carbons (Fsp3) is 0.500. The van der Waals surface area contributed by atoms with E-state index in [1.165, 1.54) is 12.1 Å². The number of hydrogen-bond acceptors (Lipinski definition) is 2. The molecule has 1 aromatic rings. The number of halogens is 1. The molecule has 1 amide bonds. The van der Waals surface area contributed by atoms with Crippen LogP contribution in [-0.2, 0) is 4.74 Å². The minimum absolute atomic E-state index is 0.111. The van der Waals surface area contributed by atoms with Gasteiger partial charge in [0.15, 0.2) is 0 Å². The van der Waals surface area contributed by atoms with E-state index in [0.29, 0.717) is 31.9 Å². The average molecular weight is 251 g/mol. The highest BCUT2D eigenvalue weighted by molar-refractivity contribution is 5.94. The van der Waals surface area contributed by atoms with Crippen LogP contribution in [0.25, 0.3) is 0 Å². The van der Waals surface area contributed by atoms with Crippen LogP contribution in [0.15, 0.2) is 18.2 Å². The number of rotatable bonds is 2. The van der Waals surface area contributed by atoms with E-state index in [9.17, 15) is 9.18 Å². The maximum atomic E-state index is 13.5. The molecule has 0 aromatic heterocycles. The fourth-order valence-corrected chi connectivity index (χ4v) is 2.02. The lowest BCUT2D eigenvalue weighted by atomic mass is 10.00. The summed E-state index contributed by atoms with van der Waals surface area (Å²) in [6.45, 7) is 6.23. The lowest BCUT2D eigenvalue weighted by molar-refractivity contribution is 0.0302. The molecule has 0 radical (unpaired) electrons. The van der Waals surface area contributed by atoms with Gasteiger partial charge in [-0.05, 0) is 29.7 Å². The molecule has 0 aliphatic carbocycles. The van der Waals surface area contributed by atoms with Crippen molar-refractivity contribution in [3.8, 4) is 0 Å². The number of ether oxygens (including phenoxy) is 1. The van der Waals surface area contributed by atoms with Crippen LogP contribution >= 0.6 is 0 Å². The normalized spacial score (nSPS) is 16.1. The van der Waals surface area contributed by atoms with E-state index < -0.39 is 0 Å². The van der Waals surface area contributed by atoms with E-state index >= 15 is 0 Å². The first-order chi connectivity index (χ1) is 8.58. The van der Waals surface area contributed by atoms with E-state index in [4.69, 9.17) is 4.74 Å². The Hall–Kier alpha value is -1.42. The molecule has 1 heterocycles. The van der Waals surface area contributed by atoms with Gasteiger partial charge in [-0.3, -0.25) is 4.79 Å². The molecular formula is C14H18FNO2. The molecule has 0 atom stereocenters. The fourth-order valence-electron chi connectivity index (χ4n) is 2.02. The Morgan fingerprint density at radius 3 is 2.56 bits per heavy atom. The molecule has 4 heteroatoms. The van der Waals surface area contributed by atoms with Gasteiger partial charge in [0.05, 0.1) is 13.2 Å². The molecule has 1 aliphatic heterocycles. The molecule has 98 valence electrons. The number of carbonyl (C=O) groups excluding carboxylic acids is 1. The molecule has 18 heavy (non-hydrogen) atoms. The summed E-state index contributed by atoms with van der Waals surface area (Å²) in [5, 5.41) is 0. The van der Waals surface area contributed by atoms with Crippen molar-refractivity contribution in [2.24, 2.45) is 0 Å². The molecule has 0 saturated carbocycles. The summed E-state index contributed by atoms with van der Waals surface area (Å²) in [5.74, 6) is -0.255. The number of carbonyl (C=O) groups is 1. The third kappa shape index (κ3) is 2.88. The zero-order valence-electron chi connectivity index (χ0n) is 10.8. The Morgan fingerprint density at radius 2 is 1.94 bits per heavy atom. The first-order valence-electron chi connectivity index (χ1n) is 6.25. The van der Waals surface area contributed by atoms with Crippen molar-refractivity contribution >= 4 is 5.91 Å². The highest BCUT2D eigenvalue weighted by atomic mass is 19.1. The van der Waals surface area contributed by atoms with Gasteiger partial charge < -0.3 is 9.64 Å². The van der Waals surface area contributed by atoms with Crippen LogP contribution in [0, 0.1) is 5.82 Å². The van der Waals surface area contributed by atoms with Gasteiger partial charge in [0, 0.05) is 18.7 Å². The second-order valence-corrected chi connectivity index (χ2v) is 4.83. The quantitative estimate of drug-likeness (QED) is 0.808. The standard InChI is InChI=1S/C14H18FNO2/c1-10(2)11-7-12(9-13(15)8-11)14(17)16-3-5-18-6-4-16/h7-10H,3-6H2,1-2H3. The van der Waals surface area contributed by atoms with Gasteiger partial charge in [-0.15, -0.1) is 0 Å². The lowest BCUT2D eigenvalue weighted by Crippen LogP contribution is -2.40. The Morgan fingerprint density at radius 1 is 1.28 bits per heavy atom. The van der Waals surface area contributed by atoms with Crippen LogP contribution in [0.4, 0.5) is 4.39 Å². The second kappa shape index (κ2) is 5.48. The van der Waals surface area contributed by atoms with Gasteiger partial charge in [0.1, 0.15) is 5.82 Å². The zero-order chi connectivity index (χ0) is 13.1. The van der Waals surface area contributed by atoms with Gasteiger partial charge in [0.2, 0.25) is 0 Å². The Balaban J connectivity index is 2.23. The van der Waals surface area contributed by atoms with E-state index in [-0.39, 0.29) is 17.6 Å². The summed E-state index contributed by atoms with van der Waals surface area (Å²) in [6.07, 6.45) is 0. The second-order valence-electron chi connectivity index (χ2n) is 4.83. The van der Waals surface area contributed by atoms with Crippen LogP contribution in [0.1, 0.15) is 35.7 Å². The first kappa shape index (κ1) is 13.0. The SMILES string of the molecule is CC(C)c1cc(F)cc(C(=O)N2CCOCC2)c1. The van der Waals surface area contributed by atoms with E-state index in [0.717, 1.165) is 5.56 Å². The molecule has 1 aliphatic rings. The molecule has 1 aromatic carbocycles. The third-order valence-corrected chi connectivity index (χ3v) is 3.13. The van der Waals surface area contributed by atoms with Crippen LogP contribution < -0.4 is 0 Å². The molecule has 0 N–H and O–H groups in total. The summed E-state index contributed by atoms with van der Waals surface area (Å²) in [7, 11) is 0. The van der Waals surface area contributed by atoms with Crippen molar-refractivity contribution in [3.63, 3.8) is 0 Å². The molecule has 0 unspecified atom stereocenters. The van der Waals surface area contributed by atoms with E-state index in [2.05, 4.69) is 0 Å². The average Bonchev–Trinajstić information content (AvgIpc) is 2.38. The Bertz CT molecular complexity index is 439. The summed E-state index contributed by atoms with van der Waals surface area (Å²) in [4.78, 5) is 13.9. The molecule has 0 spiro atoms. The van der Waals surface area contributed by atoms with Gasteiger partial charge in [-0.2, -0.15) is 0 Å². The Labute approximate surface area is 107 Å². The number of hydrogen-bond donors (Lipinski definition) is 0. The number of amides is 1. The van der Waals surface area contributed by atoms with Crippen LogP contribution in [0.5, 0.6) is 0 Å². The number of benzene rings is 1. The summed E-state index contributed by atoms with van der Waals surface area (Å²) >= 11 is 0. The highest BCUT2D eigenvalue weighted by Crippen LogP contribution is 2.19. The summed E-state index contributed by atoms with van der Waals surface area (Å²) < 4.78 is 18.7. The third-order valence-electron chi connectivity index (χ3n) is 3.13. The summed E-state index contributed by atoms with van der Waals surface area (Å²) in [6, 6.07) is 4.58. The molecule has 3 nitrogen and oxygen atoms in total. The van der Waals surface area contributed by atoms with Crippen LogP contribution in [0.3, 0.4) is 0 Å². The smallest absolute Gasteiger partial charge is 0.254 e. The summed E-state index contributed by atoms with van der Waals surface area (Å²) in [5.41, 5.74) is 1.28. The largest absolute Gasteiger partial charge is 0.378 e. The van der Waals surface area contributed by atoms with Crippen LogP contribution in [-0.4, -0.2) is 37.1 Å². The van der Waals surface area contributed by atoms with Gasteiger partial charge in [-0.1, -0.05) is 13.8 Å². The maximum Gasteiger partial charge on any atom is 0.254 e. The van der Waals surface area contributed by atoms with Crippen molar-refractivity contribution < 1.29 is 13.9 Å². The van der Waals surface area contributed by atoms with Crippen molar-refractivity contribution in [1.82, 2.24) is 4.90 Å². The van der Waals surface area contributed by atoms with Crippen molar-refractivity contribution in [3.05, 3.63) is 35.1 Å². The highest BCUT2D eigenvalue weighted by Gasteiger charge is 2.19. The first-order valence-corrected chi connectivity index (χ1v) is 6.25. The zero-order valence-corrected chi connectivity index (χ0v) is 10.8. The molecule has 2 rings (SSSR count). The molecular weight excluding hydrogens is 233 g/mol. The number of morpholine rings is 1. The van der Waals surface area contributed by atoms with Crippen LogP contribution in [0.2, 0.25) is 0 Å². The Kier molecular flexibility index (Phi) is 3.97. The lowest BCUT2D eigenvalue weighted by Gasteiger charge is -2.27. The molecule has 1 saturated heterocycles. The van der Waals surface area contributed by atoms with E-state index in [1.807, 2.05) is 13.8 Å². The molecule has 0 bridgehead atoms. The predicted octanol–water partition coefficient (Wildman–Crippen LogP) is 2.42. The van der Waals surface area contributed by atoms with Crippen molar-refractivity contribution in [2.45, 2.75) is 19.8 Å². The maximum absolute atomic E-state index is 13.5. The number of nitrogens with zero attached hydrogens (tertiary/aromatic N) is 1.